The van der Waals surface area contributed by atoms with Crippen LogP contribution in [0.4, 0.5) is 5.69 Å². The third-order valence-corrected chi connectivity index (χ3v) is 6.38. The Balaban J connectivity index is 1.58. The summed E-state index contributed by atoms with van der Waals surface area (Å²) in [4.78, 5) is 30.4. The molecule has 0 aliphatic rings. The molecule has 174 valence electrons. The number of aromatic amines is 2. The minimum atomic E-state index is -1.15. The number of carbonyl (C=O) groups is 2. The standard InChI is InChI=1S/C29H25N3O3/c1-18(14-28(33)34)29(35)32-25-11-5-2-8-19(25)15-22(23-16-30-26-12-6-3-9-20(23)26)24-17-31-27-13-7-4-10-21(24)27/h2-14,16-17,22,30-31H,15H2,1H3,(H,32,35)(H,33,34)/b18-14+. The lowest BCUT2D eigenvalue weighted by Crippen LogP contribution is -2.16. The van der Waals surface area contributed by atoms with Gasteiger partial charge < -0.3 is 20.4 Å². The minimum Gasteiger partial charge on any atom is -0.478 e. The van der Waals surface area contributed by atoms with Gasteiger partial charge in [-0.25, -0.2) is 4.79 Å². The second-order valence-corrected chi connectivity index (χ2v) is 8.61. The number of H-pyrrole nitrogens is 2. The van der Waals surface area contributed by atoms with Crippen LogP contribution in [-0.4, -0.2) is 27.0 Å². The van der Waals surface area contributed by atoms with Gasteiger partial charge in [0.25, 0.3) is 5.91 Å². The summed E-state index contributed by atoms with van der Waals surface area (Å²) in [5.74, 6) is -1.57. The van der Waals surface area contributed by atoms with E-state index in [1.165, 1.54) is 18.1 Å². The van der Waals surface area contributed by atoms with Gasteiger partial charge >= 0.3 is 5.97 Å². The molecule has 4 N–H and O–H groups in total. The Morgan fingerprint density at radius 1 is 0.857 bits per heavy atom. The van der Waals surface area contributed by atoms with Gasteiger partial charge in [0.2, 0.25) is 0 Å². The monoisotopic (exact) mass is 463 g/mol. The van der Waals surface area contributed by atoms with Gasteiger partial charge in [-0.15, -0.1) is 0 Å². The summed E-state index contributed by atoms with van der Waals surface area (Å²) in [5, 5.41) is 14.2. The number of rotatable bonds is 7. The van der Waals surface area contributed by atoms with Crippen molar-refractivity contribution >= 4 is 39.4 Å². The number of para-hydroxylation sites is 3. The zero-order valence-electron chi connectivity index (χ0n) is 19.2. The number of benzene rings is 3. The Labute approximate surface area is 202 Å². The van der Waals surface area contributed by atoms with Crippen molar-refractivity contribution in [1.82, 2.24) is 9.97 Å². The molecule has 0 radical (unpaired) electrons. The number of carbonyl (C=O) groups excluding carboxylic acids is 1. The molecule has 5 rings (SSSR count). The smallest absolute Gasteiger partial charge is 0.328 e. The van der Waals surface area contributed by atoms with Crippen LogP contribution in [0.2, 0.25) is 0 Å². The Bertz CT molecular complexity index is 1500. The molecule has 0 bridgehead atoms. The maximum absolute atomic E-state index is 12.6. The van der Waals surface area contributed by atoms with Crippen LogP contribution in [0.3, 0.4) is 0 Å². The summed E-state index contributed by atoms with van der Waals surface area (Å²) in [6.45, 7) is 1.49. The minimum absolute atomic E-state index is 0.0102. The van der Waals surface area contributed by atoms with E-state index in [0.717, 1.165) is 33.4 Å². The average molecular weight is 464 g/mol. The number of hydrogen-bond donors (Lipinski definition) is 4. The Kier molecular flexibility index (Phi) is 5.94. The number of nitrogens with one attached hydrogen (secondary N) is 3. The van der Waals surface area contributed by atoms with Gasteiger partial charge in [-0.3, -0.25) is 4.79 Å². The predicted molar refractivity (Wildman–Crippen MR) is 139 cm³/mol. The first-order valence-corrected chi connectivity index (χ1v) is 11.4. The largest absolute Gasteiger partial charge is 0.478 e. The fraction of sp³-hybridized carbons (Fsp3) is 0.103. The highest BCUT2D eigenvalue weighted by molar-refractivity contribution is 6.06. The summed E-state index contributed by atoms with van der Waals surface area (Å²) < 4.78 is 0. The summed E-state index contributed by atoms with van der Waals surface area (Å²) in [5.41, 5.74) is 6.26. The van der Waals surface area contributed by atoms with E-state index in [4.69, 9.17) is 5.11 Å². The van der Waals surface area contributed by atoms with E-state index < -0.39 is 11.9 Å². The topological polar surface area (TPSA) is 98.0 Å². The highest BCUT2D eigenvalue weighted by Gasteiger charge is 2.23. The zero-order chi connectivity index (χ0) is 24.4. The molecule has 2 aromatic heterocycles. The van der Waals surface area contributed by atoms with E-state index in [9.17, 15) is 9.59 Å². The van der Waals surface area contributed by atoms with E-state index in [1.54, 1.807) is 0 Å². The number of hydrogen-bond acceptors (Lipinski definition) is 2. The summed E-state index contributed by atoms with van der Waals surface area (Å²) >= 11 is 0. The van der Waals surface area contributed by atoms with E-state index in [0.29, 0.717) is 12.1 Å². The molecular formula is C29H25N3O3. The number of amides is 1. The Hall–Kier alpha value is -4.58. The van der Waals surface area contributed by atoms with E-state index in [-0.39, 0.29) is 11.5 Å². The second-order valence-electron chi connectivity index (χ2n) is 8.61. The van der Waals surface area contributed by atoms with Crippen molar-refractivity contribution in [2.24, 2.45) is 0 Å². The van der Waals surface area contributed by atoms with Gasteiger partial charge in [0.05, 0.1) is 0 Å². The quantitative estimate of drug-likeness (QED) is 0.223. The molecule has 0 aliphatic carbocycles. The lowest BCUT2D eigenvalue weighted by atomic mass is 9.85. The number of carboxylic acids is 1. The molecule has 6 nitrogen and oxygen atoms in total. The SMILES string of the molecule is C/C(=C\C(=O)O)C(=O)Nc1ccccc1CC(c1c[nH]c2ccccc12)c1c[nH]c2ccccc12. The van der Waals surface area contributed by atoms with E-state index in [2.05, 4.69) is 51.9 Å². The summed E-state index contributed by atoms with van der Waals surface area (Å²) in [7, 11) is 0. The van der Waals surface area contributed by atoms with Crippen LogP contribution in [0.1, 0.15) is 29.5 Å². The van der Waals surface area contributed by atoms with Gasteiger partial charge in [-0.2, -0.15) is 0 Å². The van der Waals surface area contributed by atoms with Crippen molar-refractivity contribution in [3.63, 3.8) is 0 Å². The molecule has 1 amide bonds. The maximum atomic E-state index is 12.6. The summed E-state index contributed by atoms with van der Waals surface area (Å²) in [6, 6.07) is 24.2. The number of fused-ring (bicyclic) bond motifs is 2. The first-order chi connectivity index (χ1) is 17.0. The van der Waals surface area contributed by atoms with Crippen molar-refractivity contribution in [2.75, 3.05) is 5.32 Å². The maximum Gasteiger partial charge on any atom is 0.328 e. The molecule has 0 spiro atoms. The molecule has 3 aromatic carbocycles. The molecule has 0 aliphatic heterocycles. The van der Waals surface area contributed by atoms with Crippen LogP contribution in [0, 0.1) is 0 Å². The normalized spacial score (nSPS) is 11.9. The fourth-order valence-electron chi connectivity index (χ4n) is 4.66. The van der Waals surface area contributed by atoms with Crippen LogP contribution in [0.25, 0.3) is 21.8 Å². The van der Waals surface area contributed by atoms with Crippen molar-refractivity contribution < 1.29 is 14.7 Å². The first-order valence-electron chi connectivity index (χ1n) is 11.4. The van der Waals surface area contributed by atoms with E-state index in [1.807, 2.05) is 48.5 Å². The van der Waals surface area contributed by atoms with Crippen molar-refractivity contribution in [2.45, 2.75) is 19.3 Å². The Morgan fingerprint density at radius 2 is 1.40 bits per heavy atom. The van der Waals surface area contributed by atoms with Gasteiger partial charge in [0.1, 0.15) is 0 Å². The Morgan fingerprint density at radius 3 is 2.00 bits per heavy atom. The third kappa shape index (κ3) is 4.46. The van der Waals surface area contributed by atoms with Gasteiger partial charge in [-0.05, 0) is 48.2 Å². The molecule has 0 saturated heterocycles. The fourth-order valence-corrected chi connectivity index (χ4v) is 4.66. The second kappa shape index (κ2) is 9.35. The van der Waals surface area contributed by atoms with Crippen molar-refractivity contribution in [1.29, 1.82) is 0 Å². The lowest BCUT2D eigenvalue weighted by Gasteiger charge is -2.19. The van der Waals surface area contributed by atoms with E-state index >= 15 is 0 Å². The van der Waals surface area contributed by atoms with Crippen molar-refractivity contribution in [3.8, 4) is 0 Å². The average Bonchev–Trinajstić information content (AvgIpc) is 3.48. The molecule has 6 heteroatoms. The third-order valence-electron chi connectivity index (χ3n) is 6.38. The molecule has 2 heterocycles. The zero-order valence-corrected chi connectivity index (χ0v) is 19.2. The summed E-state index contributed by atoms with van der Waals surface area (Å²) in [6.07, 6.45) is 5.69. The van der Waals surface area contributed by atoms with Crippen molar-refractivity contribution in [3.05, 3.63) is 114 Å². The number of anilines is 1. The van der Waals surface area contributed by atoms with Gasteiger partial charge in [-0.1, -0.05) is 54.6 Å². The van der Waals surface area contributed by atoms with Crippen LogP contribution < -0.4 is 5.32 Å². The highest BCUT2D eigenvalue weighted by Crippen LogP contribution is 2.38. The molecule has 0 atom stereocenters. The predicted octanol–water partition coefficient (Wildman–Crippen LogP) is 5.99. The number of aliphatic carboxylic acids is 1. The van der Waals surface area contributed by atoms with Gasteiger partial charge in [0, 0.05) is 57.5 Å². The van der Waals surface area contributed by atoms with Crippen LogP contribution in [0.15, 0.2) is 96.8 Å². The highest BCUT2D eigenvalue weighted by atomic mass is 16.4. The lowest BCUT2D eigenvalue weighted by molar-refractivity contribution is -0.131. The molecule has 0 unspecified atom stereocenters. The number of aromatic nitrogens is 2. The van der Waals surface area contributed by atoms with Gasteiger partial charge in [0.15, 0.2) is 0 Å². The molecule has 0 fully saturated rings. The molecular weight excluding hydrogens is 438 g/mol. The molecule has 0 saturated carbocycles. The van der Waals surface area contributed by atoms with Crippen LogP contribution in [0.5, 0.6) is 0 Å². The number of carboxylic acid groups (broad SMARTS) is 1. The first kappa shape index (κ1) is 22.2. The molecule has 35 heavy (non-hydrogen) atoms. The van der Waals surface area contributed by atoms with Crippen LogP contribution >= 0.6 is 0 Å². The molecule has 5 aromatic rings. The van der Waals surface area contributed by atoms with Crippen LogP contribution in [-0.2, 0) is 16.0 Å².